The van der Waals surface area contributed by atoms with E-state index in [9.17, 15) is 21.6 Å². The molecule has 1 amide bonds. The average molecular weight is 474 g/mol. The number of benzene rings is 1. The van der Waals surface area contributed by atoms with Gasteiger partial charge in [-0.3, -0.25) is 4.79 Å². The van der Waals surface area contributed by atoms with Gasteiger partial charge in [-0.05, 0) is 40.8 Å². The first-order chi connectivity index (χ1) is 10.5. The van der Waals surface area contributed by atoms with Gasteiger partial charge in [0, 0.05) is 30.0 Å². The Balaban J connectivity index is 2.98. The van der Waals surface area contributed by atoms with Gasteiger partial charge in [0.25, 0.3) is 5.91 Å². The summed E-state index contributed by atoms with van der Waals surface area (Å²) in [7, 11) is -4.00. The molecule has 0 radical (unpaired) electrons. The van der Waals surface area contributed by atoms with E-state index in [1.165, 1.54) is 39.2 Å². The van der Waals surface area contributed by atoms with Crippen LogP contribution in [-0.4, -0.2) is 59.2 Å². The van der Waals surface area contributed by atoms with Crippen molar-refractivity contribution < 1.29 is 21.6 Å². The summed E-state index contributed by atoms with van der Waals surface area (Å²) >= 11 is 1.93. The fraction of sp³-hybridized carbons (Fsp3) is 0.462. The number of nitrogens with zero attached hydrogens (tertiary/aromatic N) is 1. The summed E-state index contributed by atoms with van der Waals surface area (Å²) in [6.07, 6.45) is 0. The second-order valence-electron chi connectivity index (χ2n) is 4.92. The predicted molar refractivity (Wildman–Crippen MR) is 96.7 cm³/mol. The molecule has 7 nitrogen and oxygen atoms in total. The Morgan fingerprint density at radius 1 is 1.22 bits per heavy atom. The van der Waals surface area contributed by atoms with Crippen LogP contribution in [0, 0.1) is 3.57 Å². The largest absolute Gasteiger partial charge is 0.351 e. The van der Waals surface area contributed by atoms with E-state index in [2.05, 4.69) is 5.32 Å². The van der Waals surface area contributed by atoms with Gasteiger partial charge < -0.3 is 5.32 Å². The van der Waals surface area contributed by atoms with Gasteiger partial charge in [0.2, 0.25) is 10.0 Å². The first-order valence-electron chi connectivity index (χ1n) is 6.72. The molecule has 23 heavy (non-hydrogen) atoms. The minimum atomic E-state index is -3.64. The summed E-state index contributed by atoms with van der Waals surface area (Å²) in [4.78, 5) is 12.2. The second-order valence-corrected chi connectivity index (χ2v) is 10.7. The molecule has 0 spiro atoms. The number of carbonyl (C=O) groups excluding carboxylic acids is 1. The maximum atomic E-state index is 12.2. The fourth-order valence-corrected chi connectivity index (χ4v) is 3.82. The normalized spacial score (nSPS) is 12.4. The van der Waals surface area contributed by atoms with E-state index in [4.69, 9.17) is 0 Å². The molecule has 1 rings (SSSR count). The van der Waals surface area contributed by atoms with Crippen LogP contribution in [0.15, 0.2) is 23.1 Å². The monoisotopic (exact) mass is 474 g/mol. The van der Waals surface area contributed by atoms with Crippen LogP contribution in [0.3, 0.4) is 0 Å². The molecule has 0 atom stereocenters. The first kappa shape index (κ1) is 20.3. The van der Waals surface area contributed by atoms with Crippen LogP contribution in [-0.2, 0) is 19.9 Å². The Kier molecular flexibility index (Phi) is 6.98. The number of carbonyl (C=O) groups is 1. The quantitative estimate of drug-likeness (QED) is 0.587. The van der Waals surface area contributed by atoms with Crippen molar-refractivity contribution in [1.82, 2.24) is 9.62 Å². The van der Waals surface area contributed by atoms with E-state index >= 15 is 0 Å². The molecular formula is C13H19IN2O5S2. The molecule has 0 unspecified atom stereocenters. The Hall–Kier alpha value is -0.720. The lowest BCUT2D eigenvalue weighted by Crippen LogP contribution is -2.30. The van der Waals surface area contributed by atoms with Gasteiger partial charge in [0.05, 0.1) is 16.2 Å². The smallest absolute Gasteiger partial charge is 0.252 e. The molecular weight excluding hydrogens is 455 g/mol. The Morgan fingerprint density at radius 2 is 1.83 bits per heavy atom. The van der Waals surface area contributed by atoms with E-state index in [0.717, 1.165) is 4.31 Å². The summed E-state index contributed by atoms with van der Waals surface area (Å²) in [5.41, 5.74) is 0.197. The van der Waals surface area contributed by atoms with E-state index < -0.39 is 25.8 Å². The molecule has 0 saturated carbocycles. The zero-order valence-corrected chi connectivity index (χ0v) is 16.8. The van der Waals surface area contributed by atoms with Crippen molar-refractivity contribution in [3.63, 3.8) is 0 Å². The predicted octanol–water partition coefficient (Wildman–Crippen LogP) is 0.706. The van der Waals surface area contributed by atoms with Crippen molar-refractivity contribution in [2.45, 2.75) is 11.8 Å². The van der Waals surface area contributed by atoms with E-state index in [0.29, 0.717) is 3.57 Å². The van der Waals surface area contributed by atoms with Gasteiger partial charge in [0.1, 0.15) is 0 Å². The number of hydrogen-bond acceptors (Lipinski definition) is 5. The number of rotatable bonds is 7. The summed E-state index contributed by atoms with van der Waals surface area (Å²) in [6, 6.07) is 4.25. The zero-order chi connectivity index (χ0) is 17.8. The van der Waals surface area contributed by atoms with E-state index in [-0.39, 0.29) is 28.5 Å². The SMILES string of the molecule is CCS(=O)(=O)CCNC(=O)c1cc(S(=O)(=O)N(C)C)ccc1I. The number of amides is 1. The third-order valence-electron chi connectivity index (χ3n) is 3.10. The van der Waals surface area contributed by atoms with Gasteiger partial charge in [-0.1, -0.05) is 6.92 Å². The van der Waals surface area contributed by atoms with Crippen molar-refractivity contribution in [3.8, 4) is 0 Å². The molecule has 0 fully saturated rings. The third-order valence-corrected chi connectivity index (χ3v) is 7.56. The summed E-state index contributed by atoms with van der Waals surface area (Å²) in [5.74, 6) is -0.644. The molecule has 0 saturated heterocycles. The molecule has 0 aromatic heterocycles. The molecule has 1 aromatic carbocycles. The minimum Gasteiger partial charge on any atom is -0.351 e. The van der Waals surface area contributed by atoms with Gasteiger partial charge >= 0.3 is 0 Å². The Labute approximate surface area is 150 Å². The van der Waals surface area contributed by atoms with Gasteiger partial charge in [0.15, 0.2) is 9.84 Å². The van der Waals surface area contributed by atoms with Crippen molar-refractivity contribution in [2.75, 3.05) is 32.1 Å². The number of sulfonamides is 1. The first-order valence-corrected chi connectivity index (χ1v) is 11.1. The highest BCUT2D eigenvalue weighted by Gasteiger charge is 2.20. The van der Waals surface area contributed by atoms with Crippen LogP contribution in [0.5, 0.6) is 0 Å². The third kappa shape index (κ3) is 5.40. The minimum absolute atomic E-state index is 0.00856. The average Bonchev–Trinajstić information content (AvgIpc) is 2.46. The van der Waals surface area contributed by atoms with Gasteiger partial charge in [-0.2, -0.15) is 0 Å². The van der Waals surface area contributed by atoms with Crippen LogP contribution in [0.1, 0.15) is 17.3 Å². The van der Waals surface area contributed by atoms with Crippen LogP contribution in [0.4, 0.5) is 0 Å². The van der Waals surface area contributed by atoms with Crippen molar-refractivity contribution in [2.24, 2.45) is 0 Å². The van der Waals surface area contributed by atoms with Gasteiger partial charge in [-0.15, -0.1) is 0 Å². The highest BCUT2D eigenvalue weighted by molar-refractivity contribution is 14.1. The second kappa shape index (κ2) is 7.90. The van der Waals surface area contributed by atoms with E-state index in [1.54, 1.807) is 0 Å². The lowest BCUT2D eigenvalue weighted by atomic mass is 10.2. The standard InChI is InChI=1S/C13H19IN2O5S2/c1-4-22(18,19)8-7-15-13(17)11-9-10(5-6-12(11)14)23(20,21)16(2)3/h5-6,9H,4,7-8H2,1-3H3,(H,15,17). The van der Waals surface area contributed by atoms with E-state index in [1.807, 2.05) is 22.6 Å². The van der Waals surface area contributed by atoms with Crippen LogP contribution >= 0.6 is 22.6 Å². The zero-order valence-electron chi connectivity index (χ0n) is 13.0. The number of halogens is 1. The highest BCUT2D eigenvalue weighted by atomic mass is 127. The van der Waals surface area contributed by atoms with Crippen LogP contribution in [0.25, 0.3) is 0 Å². The lowest BCUT2D eigenvalue weighted by Gasteiger charge is -2.13. The Bertz CT molecular complexity index is 789. The topological polar surface area (TPSA) is 101 Å². The Morgan fingerprint density at radius 3 is 2.35 bits per heavy atom. The lowest BCUT2D eigenvalue weighted by molar-refractivity contribution is 0.0955. The molecule has 0 aliphatic heterocycles. The molecule has 1 aromatic rings. The summed E-state index contributed by atoms with van der Waals surface area (Å²) in [5, 5.41) is 2.51. The molecule has 0 heterocycles. The van der Waals surface area contributed by atoms with Crippen molar-refractivity contribution in [3.05, 3.63) is 27.3 Å². The number of nitrogens with one attached hydrogen (secondary N) is 1. The molecule has 0 aliphatic carbocycles. The molecule has 10 heteroatoms. The molecule has 0 bridgehead atoms. The molecule has 1 N–H and O–H groups in total. The maximum Gasteiger partial charge on any atom is 0.252 e. The summed E-state index contributed by atoms with van der Waals surface area (Å²) in [6.45, 7) is 1.52. The molecule has 0 aliphatic rings. The van der Waals surface area contributed by atoms with Crippen molar-refractivity contribution >= 4 is 48.4 Å². The van der Waals surface area contributed by atoms with Crippen LogP contribution < -0.4 is 5.32 Å². The highest BCUT2D eigenvalue weighted by Crippen LogP contribution is 2.19. The summed E-state index contributed by atoms with van der Waals surface area (Å²) < 4.78 is 48.7. The number of sulfone groups is 1. The fourth-order valence-electron chi connectivity index (χ4n) is 1.61. The van der Waals surface area contributed by atoms with Gasteiger partial charge in [-0.25, -0.2) is 21.1 Å². The van der Waals surface area contributed by atoms with Crippen LogP contribution in [0.2, 0.25) is 0 Å². The number of hydrogen-bond donors (Lipinski definition) is 1. The molecule has 130 valence electrons. The maximum absolute atomic E-state index is 12.2. The van der Waals surface area contributed by atoms with Crippen molar-refractivity contribution in [1.29, 1.82) is 0 Å².